The van der Waals surface area contributed by atoms with E-state index in [1.165, 1.54) is 12.1 Å². The molecule has 0 saturated carbocycles. The van der Waals surface area contributed by atoms with Gasteiger partial charge in [0.25, 0.3) is 0 Å². The topological polar surface area (TPSA) is 49.3 Å². The summed E-state index contributed by atoms with van der Waals surface area (Å²) in [5, 5.41) is 6.92. The van der Waals surface area contributed by atoms with Gasteiger partial charge in [-0.2, -0.15) is 0 Å². The molecular formula is C18H22ClFN4. The second kappa shape index (κ2) is 9.88. The zero-order valence-electron chi connectivity index (χ0n) is 13.7. The normalized spacial score (nSPS) is 11.4. The summed E-state index contributed by atoms with van der Waals surface area (Å²) in [7, 11) is 0. The van der Waals surface area contributed by atoms with Crippen LogP contribution in [0.25, 0.3) is 0 Å². The molecule has 0 radical (unpaired) electrons. The monoisotopic (exact) mass is 348 g/mol. The van der Waals surface area contributed by atoms with Gasteiger partial charge in [0, 0.05) is 43.0 Å². The van der Waals surface area contributed by atoms with Crippen molar-refractivity contribution in [1.82, 2.24) is 15.6 Å². The first kappa shape index (κ1) is 18.2. The molecule has 0 aliphatic rings. The third kappa shape index (κ3) is 6.16. The zero-order valence-corrected chi connectivity index (χ0v) is 14.5. The number of rotatable bonds is 7. The van der Waals surface area contributed by atoms with Gasteiger partial charge in [-0.15, -0.1) is 0 Å². The van der Waals surface area contributed by atoms with Crippen molar-refractivity contribution in [3.63, 3.8) is 0 Å². The minimum atomic E-state index is -0.318. The van der Waals surface area contributed by atoms with Gasteiger partial charge in [0.15, 0.2) is 5.96 Å². The Hall–Kier alpha value is -2.14. The van der Waals surface area contributed by atoms with Crippen molar-refractivity contribution >= 4 is 17.6 Å². The molecule has 1 aromatic heterocycles. The predicted molar refractivity (Wildman–Crippen MR) is 97.0 cm³/mol. The van der Waals surface area contributed by atoms with E-state index in [-0.39, 0.29) is 5.82 Å². The number of pyridine rings is 1. The molecular weight excluding hydrogens is 327 g/mol. The lowest BCUT2D eigenvalue weighted by Crippen LogP contribution is -2.38. The molecule has 0 saturated heterocycles. The van der Waals surface area contributed by atoms with Crippen molar-refractivity contribution in [3.05, 3.63) is 64.7 Å². The van der Waals surface area contributed by atoms with Crippen molar-refractivity contribution in [2.45, 2.75) is 19.8 Å². The summed E-state index contributed by atoms with van der Waals surface area (Å²) in [5.74, 6) is 0.438. The standard InChI is InChI=1S/C18H22ClFN4/c1-2-21-18(24-12-9-16-5-3-4-10-22-16)23-11-8-14-6-7-15(20)13-17(14)19/h3-7,10,13H,2,8-9,11-12H2,1H3,(H2,21,23,24). The quantitative estimate of drug-likeness (QED) is 0.596. The molecule has 2 aromatic rings. The van der Waals surface area contributed by atoms with Crippen LogP contribution in [0.4, 0.5) is 4.39 Å². The van der Waals surface area contributed by atoms with Crippen LogP contribution >= 0.6 is 11.6 Å². The van der Waals surface area contributed by atoms with Crippen LogP contribution in [0.5, 0.6) is 0 Å². The predicted octanol–water partition coefficient (Wildman–Crippen LogP) is 3.21. The highest BCUT2D eigenvalue weighted by Crippen LogP contribution is 2.17. The third-order valence-corrected chi connectivity index (χ3v) is 3.76. The molecule has 1 aromatic carbocycles. The SMILES string of the molecule is CCNC(=NCCc1ccccn1)NCCc1ccc(F)cc1Cl. The maximum atomic E-state index is 13.0. The Labute approximate surface area is 147 Å². The zero-order chi connectivity index (χ0) is 17.2. The van der Waals surface area contributed by atoms with Crippen LogP contribution in [-0.2, 0) is 12.8 Å². The molecule has 0 atom stereocenters. The summed E-state index contributed by atoms with van der Waals surface area (Å²) < 4.78 is 13.0. The van der Waals surface area contributed by atoms with E-state index in [1.54, 1.807) is 12.3 Å². The Morgan fingerprint density at radius 1 is 1.21 bits per heavy atom. The summed E-state index contributed by atoms with van der Waals surface area (Å²) in [6, 6.07) is 10.3. The lowest BCUT2D eigenvalue weighted by atomic mass is 10.1. The maximum absolute atomic E-state index is 13.0. The lowest BCUT2D eigenvalue weighted by molar-refractivity contribution is 0.627. The van der Waals surface area contributed by atoms with E-state index in [0.29, 0.717) is 24.5 Å². The van der Waals surface area contributed by atoms with Gasteiger partial charge >= 0.3 is 0 Å². The highest BCUT2D eigenvalue weighted by atomic mass is 35.5. The molecule has 6 heteroatoms. The van der Waals surface area contributed by atoms with Crippen LogP contribution in [0, 0.1) is 5.82 Å². The summed E-state index contributed by atoms with van der Waals surface area (Å²) in [6.45, 7) is 4.13. The van der Waals surface area contributed by atoms with E-state index >= 15 is 0 Å². The third-order valence-electron chi connectivity index (χ3n) is 3.41. The van der Waals surface area contributed by atoms with E-state index in [2.05, 4.69) is 20.6 Å². The Morgan fingerprint density at radius 2 is 2.08 bits per heavy atom. The lowest BCUT2D eigenvalue weighted by Gasteiger charge is -2.12. The molecule has 2 rings (SSSR count). The molecule has 24 heavy (non-hydrogen) atoms. The molecule has 0 unspecified atom stereocenters. The summed E-state index contributed by atoms with van der Waals surface area (Å²) in [6.07, 6.45) is 3.28. The first-order valence-electron chi connectivity index (χ1n) is 8.05. The average Bonchev–Trinajstić information content (AvgIpc) is 2.58. The first-order chi connectivity index (χ1) is 11.7. The summed E-state index contributed by atoms with van der Waals surface area (Å²) in [4.78, 5) is 8.82. The van der Waals surface area contributed by atoms with Crippen molar-refractivity contribution < 1.29 is 4.39 Å². The molecule has 1 heterocycles. The molecule has 0 fully saturated rings. The highest BCUT2D eigenvalue weighted by molar-refractivity contribution is 6.31. The number of benzene rings is 1. The van der Waals surface area contributed by atoms with Gasteiger partial charge in [-0.3, -0.25) is 9.98 Å². The van der Waals surface area contributed by atoms with Crippen LogP contribution in [0.3, 0.4) is 0 Å². The largest absolute Gasteiger partial charge is 0.357 e. The molecule has 0 bridgehead atoms. The maximum Gasteiger partial charge on any atom is 0.191 e. The molecule has 4 nitrogen and oxygen atoms in total. The average molecular weight is 349 g/mol. The second-order valence-corrected chi connectivity index (χ2v) is 5.65. The Balaban J connectivity index is 1.82. The van der Waals surface area contributed by atoms with Crippen molar-refractivity contribution in [1.29, 1.82) is 0 Å². The van der Waals surface area contributed by atoms with Crippen LogP contribution < -0.4 is 10.6 Å². The van der Waals surface area contributed by atoms with E-state index < -0.39 is 0 Å². The van der Waals surface area contributed by atoms with Gasteiger partial charge in [0.05, 0.1) is 0 Å². The van der Waals surface area contributed by atoms with Gasteiger partial charge in [0.1, 0.15) is 5.82 Å². The number of hydrogen-bond acceptors (Lipinski definition) is 2. The fourth-order valence-electron chi connectivity index (χ4n) is 2.21. The molecule has 128 valence electrons. The fraction of sp³-hybridized carbons (Fsp3) is 0.333. The van der Waals surface area contributed by atoms with Crippen LogP contribution in [0.2, 0.25) is 5.02 Å². The van der Waals surface area contributed by atoms with Gasteiger partial charge in [0.2, 0.25) is 0 Å². The Bertz CT molecular complexity index is 661. The van der Waals surface area contributed by atoms with E-state index in [0.717, 1.165) is 30.2 Å². The number of hydrogen-bond donors (Lipinski definition) is 2. The Morgan fingerprint density at radius 3 is 2.79 bits per heavy atom. The van der Waals surface area contributed by atoms with Crippen LogP contribution in [-0.4, -0.2) is 30.6 Å². The molecule has 0 spiro atoms. The molecule has 2 N–H and O–H groups in total. The Kier molecular flexibility index (Phi) is 7.49. The molecule has 0 aliphatic carbocycles. The van der Waals surface area contributed by atoms with Crippen molar-refractivity contribution in [2.24, 2.45) is 4.99 Å². The minimum Gasteiger partial charge on any atom is -0.357 e. The molecule has 0 amide bonds. The second-order valence-electron chi connectivity index (χ2n) is 5.24. The fourth-order valence-corrected chi connectivity index (χ4v) is 2.47. The van der Waals surface area contributed by atoms with E-state index in [4.69, 9.17) is 11.6 Å². The van der Waals surface area contributed by atoms with E-state index in [1.807, 2.05) is 25.1 Å². The van der Waals surface area contributed by atoms with E-state index in [9.17, 15) is 4.39 Å². The number of aromatic nitrogens is 1. The van der Waals surface area contributed by atoms with Gasteiger partial charge < -0.3 is 10.6 Å². The minimum absolute atomic E-state index is 0.318. The van der Waals surface area contributed by atoms with Crippen molar-refractivity contribution in [3.8, 4) is 0 Å². The molecule has 0 aliphatic heterocycles. The summed E-state index contributed by atoms with van der Waals surface area (Å²) >= 11 is 6.04. The number of nitrogens with zero attached hydrogens (tertiary/aromatic N) is 2. The summed E-state index contributed by atoms with van der Waals surface area (Å²) in [5.41, 5.74) is 1.94. The first-order valence-corrected chi connectivity index (χ1v) is 8.43. The van der Waals surface area contributed by atoms with Crippen LogP contribution in [0.15, 0.2) is 47.6 Å². The number of nitrogens with one attached hydrogen (secondary N) is 2. The van der Waals surface area contributed by atoms with Gasteiger partial charge in [-0.25, -0.2) is 4.39 Å². The number of halogens is 2. The number of guanidine groups is 1. The van der Waals surface area contributed by atoms with Gasteiger partial charge in [-0.05, 0) is 43.2 Å². The highest BCUT2D eigenvalue weighted by Gasteiger charge is 2.03. The van der Waals surface area contributed by atoms with Gasteiger partial charge in [-0.1, -0.05) is 23.7 Å². The van der Waals surface area contributed by atoms with Crippen molar-refractivity contribution in [2.75, 3.05) is 19.6 Å². The van der Waals surface area contributed by atoms with Crippen LogP contribution in [0.1, 0.15) is 18.2 Å². The number of aliphatic imine (C=N–C) groups is 1. The smallest absolute Gasteiger partial charge is 0.191 e.